The van der Waals surface area contributed by atoms with Crippen molar-refractivity contribution < 1.29 is 18.7 Å². The van der Waals surface area contributed by atoms with Crippen LogP contribution in [0.15, 0.2) is 60.0 Å². The van der Waals surface area contributed by atoms with Crippen LogP contribution in [0.1, 0.15) is 33.6 Å². The summed E-state index contributed by atoms with van der Waals surface area (Å²) in [4.78, 5) is 30.5. The van der Waals surface area contributed by atoms with Gasteiger partial charge >= 0.3 is 0 Å². The second-order valence-corrected chi connectivity index (χ2v) is 9.84. The van der Waals surface area contributed by atoms with E-state index in [9.17, 15) is 14.0 Å². The summed E-state index contributed by atoms with van der Waals surface area (Å²) < 4.78 is 19.0. The van der Waals surface area contributed by atoms with Gasteiger partial charge in [0, 0.05) is 45.2 Å². The zero-order chi connectivity index (χ0) is 24.8. The highest BCUT2D eigenvalue weighted by molar-refractivity contribution is 7.12. The van der Waals surface area contributed by atoms with Gasteiger partial charge in [-0.15, -0.1) is 11.3 Å². The van der Waals surface area contributed by atoms with Crippen molar-refractivity contribution in [3.05, 3.63) is 81.8 Å². The molecule has 0 spiro atoms. The Bertz CT molecular complexity index is 1140. The molecule has 1 aliphatic rings. The number of benzene rings is 2. The van der Waals surface area contributed by atoms with Gasteiger partial charge in [0.1, 0.15) is 5.82 Å². The van der Waals surface area contributed by atoms with Crippen molar-refractivity contribution in [2.45, 2.75) is 31.9 Å². The Kier molecular flexibility index (Phi) is 8.15. The molecule has 3 aromatic rings. The molecular formula is C27H30FN3O3S. The van der Waals surface area contributed by atoms with Gasteiger partial charge < -0.3 is 19.9 Å². The van der Waals surface area contributed by atoms with Crippen molar-refractivity contribution in [2.24, 2.45) is 0 Å². The van der Waals surface area contributed by atoms with Crippen LogP contribution in [-0.4, -0.2) is 50.1 Å². The number of thiophene rings is 1. The Morgan fingerprint density at radius 1 is 1.14 bits per heavy atom. The van der Waals surface area contributed by atoms with E-state index in [-0.39, 0.29) is 30.2 Å². The molecule has 8 heteroatoms. The van der Waals surface area contributed by atoms with Gasteiger partial charge in [-0.25, -0.2) is 4.39 Å². The largest absolute Gasteiger partial charge is 0.377 e. The van der Waals surface area contributed by atoms with Crippen molar-refractivity contribution >= 4 is 34.5 Å². The SMILES string of the molecule is CN(C)c1ccc(NC(=O)Cc2ccc(F)cc2)cc1CN(C[C@@H]1CCCO1)C(=O)c1cccs1. The Hall–Kier alpha value is -3.23. The quantitative estimate of drug-likeness (QED) is 0.456. The Labute approximate surface area is 209 Å². The van der Waals surface area contributed by atoms with Crippen molar-refractivity contribution in [3.8, 4) is 0 Å². The first kappa shape index (κ1) is 24.9. The molecule has 1 fully saturated rings. The zero-order valence-corrected chi connectivity index (χ0v) is 20.8. The zero-order valence-electron chi connectivity index (χ0n) is 20.0. The normalized spacial score (nSPS) is 15.1. The Morgan fingerprint density at radius 3 is 2.60 bits per heavy atom. The van der Waals surface area contributed by atoms with Crippen LogP contribution in [0.4, 0.5) is 15.8 Å². The number of amides is 2. The second kappa shape index (κ2) is 11.5. The summed E-state index contributed by atoms with van der Waals surface area (Å²) in [7, 11) is 3.91. The van der Waals surface area contributed by atoms with Crippen molar-refractivity contribution in [1.29, 1.82) is 0 Å². The summed E-state index contributed by atoms with van der Waals surface area (Å²) >= 11 is 1.43. The van der Waals surface area contributed by atoms with E-state index in [1.807, 2.05) is 59.6 Å². The number of anilines is 2. The van der Waals surface area contributed by atoms with Crippen LogP contribution in [0, 0.1) is 5.82 Å². The first-order valence-corrected chi connectivity index (χ1v) is 12.6. The average molecular weight is 496 g/mol. The third-order valence-electron chi connectivity index (χ3n) is 5.95. The molecule has 2 heterocycles. The summed E-state index contributed by atoms with van der Waals surface area (Å²) in [5, 5.41) is 4.84. The summed E-state index contributed by atoms with van der Waals surface area (Å²) in [6.45, 7) is 1.64. The van der Waals surface area contributed by atoms with Crippen LogP contribution >= 0.6 is 11.3 Å². The summed E-state index contributed by atoms with van der Waals surface area (Å²) in [5.41, 5.74) is 3.28. The van der Waals surface area contributed by atoms with E-state index in [1.54, 1.807) is 12.1 Å². The molecule has 1 saturated heterocycles. The summed E-state index contributed by atoms with van der Waals surface area (Å²) in [5.74, 6) is -0.542. The number of hydrogen-bond donors (Lipinski definition) is 1. The van der Waals surface area contributed by atoms with Gasteiger partial charge in [0.25, 0.3) is 5.91 Å². The molecule has 0 bridgehead atoms. The predicted molar refractivity (Wildman–Crippen MR) is 138 cm³/mol. The van der Waals surface area contributed by atoms with Crippen LogP contribution in [0.2, 0.25) is 0 Å². The van der Waals surface area contributed by atoms with E-state index in [0.29, 0.717) is 23.7 Å². The van der Waals surface area contributed by atoms with Crippen molar-refractivity contribution in [3.63, 3.8) is 0 Å². The molecule has 1 N–H and O–H groups in total. The van der Waals surface area contributed by atoms with E-state index in [0.717, 1.165) is 36.3 Å². The van der Waals surface area contributed by atoms with E-state index in [1.165, 1.54) is 23.5 Å². The fraction of sp³-hybridized carbons (Fsp3) is 0.333. The van der Waals surface area contributed by atoms with Gasteiger partial charge in [-0.1, -0.05) is 18.2 Å². The summed E-state index contributed by atoms with van der Waals surface area (Å²) in [6, 6.07) is 15.3. The number of halogens is 1. The molecule has 0 saturated carbocycles. The number of nitrogens with zero attached hydrogens (tertiary/aromatic N) is 2. The van der Waals surface area contributed by atoms with Gasteiger partial charge in [0.2, 0.25) is 5.91 Å². The molecule has 1 aliphatic heterocycles. The molecule has 2 amide bonds. The lowest BCUT2D eigenvalue weighted by molar-refractivity contribution is -0.115. The number of carbonyl (C=O) groups is 2. The third kappa shape index (κ3) is 6.68. The standard InChI is InChI=1S/C27H30FN3O3S/c1-30(2)24-12-11-22(29-26(32)15-19-7-9-21(28)10-8-19)16-20(24)17-31(18-23-5-3-13-34-23)27(33)25-6-4-14-35-25/h4,6-12,14,16,23H,3,5,13,15,17-18H2,1-2H3,(H,29,32)/t23-/m0/s1. The van der Waals surface area contributed by atoms with Crippen LogP contribution in [-0.2, 0) is 22.5 Å². The molecule has 2 aromatic carbocycles. The molecule has 1 atom stereocenters. The molecule has 35 heavy (non-hydrogen) atoms. The van der Waals surface area contributed by atoms with Crippen LogP contribution in [0.3, 0.4) is 0 Å². The Balaban J connectivity index is 1.54. The fourth-order valence-corrected chi connectivity index (χ4v) is 4.92. The van der Waals surface area contributed by atoms with Gasteiger partial charge in [-0.3, -0.25) is 9.59 Å². The monoisotopic (exact) mass is 495 g/mol. The molecule has 0 aliphatic carbocycles. The summed E-state index contributed by atoms with van der Waals surface area (Å²) in [6.07, 6.45) is 2.12. The average Bonchev–Trinajstić information content (AvgIpc) is 3.54. The van der Waals surface area contributed by atoms with Crippen molar-refractivity contribution in [2.75, 3.05) is 37.5 Å². The van der Waals surface area contributed by atoms with Crippen LogP contribution in [0.5, 0.6) is 0 Å². The van der Waals surface area contributed by atoms with E-state index in [2.05, 4.69) is 5.32 Å². The van der Waals surface area contributed by atoms with E-state index >= 15 is 0 Å². The first-order chi connectivity index (χ1) is 16.9. The maximum absolute atomic E-state index is 13.3. The highest BCUT2D eigenvalue weighted by atomic mass is 32.1. The maximum atomic E-state index is 13.3. The minimum atomic E-state index is -0.331. The molecule has 0 radical (unpaired) electrons. The molecule has 6 nitrogen and oxygen atoms in total. The number of nitrogens with one attached hydrogen (secondary N) is 1. The molecule has 0 unspecified atom stereocenters. The Morgan fingerprint density at radius 2 is 1.94 bits per heavy atom. The molecule has 1 aromatic heterocycles. The second-order valence-electron chi connectivity index (χ2n) is 8.89. The van der Waals surface area contributed by atoms with Gasteiger partial charge in [-0.2, -0.15) is 0 Å². The fourth-order valence-electron chi connectivity index (χ4n) is 4.23. The molecule has 184 valence electrons. The highest BCUT2D eigenvalue weighted by Gasteiger charge is 2.25. The van der Waals surface area contributed by atoms with E-state index in [4.69, 9.17) is 4.74 Å². The molecular weight excluding hydrogens is 465 g/mol. The maximum Gasteiger partial charge on any atom is 0.264 e. The van der Waals surface area contributed by atoms with Crippen LogP contribution in [0.25, 0.3) is 0 Å². The van der Waals surface area contributed by atoms with Crippen LogP contribution < -0.4 is 10.2 Å². The first-order valence-electron chi connectivity index (χ1n) is 11.7. The van der Waals surface area contributed by atoms with Gasteiger partial charge in [-0.05, 0) is 65.7 Å². The number of carbonyl (C=O) groups excluding carboxylic acids is 2. The lowest BCUT2D eigenvalue weighted by Crippen LogP contribution is -2.37. The lowest BCUT2D eigenvalue weighted by atomic mass is 10.1. The lowest BCUT2D eigenvalue weighted by Gasteiger charge is -2.28. The number of rotatable bonds is 9. The highest BCUT2D eigenvalue weighted by Crippen LogP contribution is 2.27. The minimum absolute atomic E-state index is 0.0223. The smallest absolute Gasteiger partial charge is 0.264 e. The number of hydrogen-bond acceptors (Lipinski definition) is 5. The molecule has 4 rings (SSSR count). The van der Waals surface area contributed by atoms with E-state index < -0.39 is 0 Å². The number of ether oxygens (including phenoxy) is 1. The van der Waals surface area contributed by atoms with Crippen molar-refractivity contribution in [1.82, 2.24) is 4.90 Å². The minimum Gasteiger partial charge on any atom is -0.377 e. The third-order valence-corrected chi connectivity index (χ3v) is 6.81. The van der Waals surface area contributed by atoms with Gasteiger partial charge in [0.05, 0.1) is 17.4 Å². The topological polar surface area (TPSA) is 61.9 Å². The predicted octanol–water partition coefficient (Wildman–Crippen LogP) is 4.96. The van der Waals surface area contributed by atoms with Gasteiger partial charge in [0.15, 0.2) is 0 Å².